The molecule has 0 aromatic carbocycles. The van der Waals surface area contributed by atoms with Crippen LogP contribution in [0.25, 0.3) is 0 Å². The second-order valence-electron chi connectivity index (χ2n) is 3.99. The number of anilines is 1. The van der Waals surface area contributed by atoms with Crippen LogP contribution >= 0.6 is 11.6 Å². The molecular formula is C10H15ClN4. The maximum absolute atomic E-state index is 5.88. The molecule has 0 saturated carbocycles. The lowest BCUT2D eigenvalue weighted by molar-refractivity contribution is 0.623. The van der Waals surface area contributed by atoms with E-state index in [2.05, 4.69) is 34.4 Å². The SMILES string of the molecule is CC(C)Nc1nc(Cl)nc2c1CCNC2. The van der Waals surface area contributed by atoms with Crippen LogP contribution in [0.3, 0.4) is 0 Å². The van der Waals surface area contributed by atoms with Gasteiger partial charge in [-0.15, -0.1) is 0 Å². The molecule has 0 radical (unpaired) electrons. The van der Waals surface area contributed by atoms with Crippen LogP contribution in [0.15, 0.2) is 0 Å². The fourth-order valence-corrected chi connectivity index (χ4v) is 1.91. The minimum atomic E-state index is 0.320. The fraction of sp³-hybridized carbons (Fsp3) is 0.600. The molecule has 1 aromatic heterocycles. The third kappa shape index (κ3) is 2.38. The lowest BCUT2D eigenvalue weighted by Crippen LogP contribution is -2.27. The first kappa shape index (κ1) is 10.6. The Hall–Kier alpha value is -0.870. The van der Waals surface area contributed by atoms with Gasteiger partial charge in [-0.25, -0.2) is 9.97 Å². The Morgan fingerprint density at radius 2 is 2.20 bits per heavy atom. The zero-order valence-corrected chi connectivity index (χ0v) is 9.73. The van der Waals surface area contributed by atoms with E-state index >= 15 is 0 Å². The summed E-state index contributed by atoms with van der Waals surface area (Å²) >= 11 is 5.88. The van der Waals surface area contributed by atoms with Gasteiger partial charge in [0, 0.05) is 18.2 Å². The Balaban J connectivity index is 2.38. The molecule has 0 fully saturated rings. The minimum Gasteiger partial charge on any atom is -0.368 e. The highest BCUT2D eigenvalue weighted by atomic mass is 35.5. The number of rotatable bonds is 2. The molecule has 1 aliphatic heterocycles. The summed E-state index contributed by atoms with van der Waals surface area (Å²) in [5, 5.41) is 6.90. The topological polar surface area (TPSA) is 49.8 Å². The fourth-order valence-electron chi connectivity index (χ4n) is 1.72. The van der Waals surface area contributed by atoms with Crippen molar-refractivity contribution in [2.24, 2.45) is 0 Å². The largest absolute Gasteiger partial charge is 0.368 e. The number of nitrogens with zero attached hydrogens (tertiary/aromatic N) is 2. The van der Waals surface area contributed by atoms with Crippen molar-refractivity contribution in [1.29, 1.82) is 0 Å². The van der Waals surface area contributed by atoms with Gasteiger partial charge >= 0.3 is 0 Å². The summed E-state index contributed by atoms with van der Waals surface area (Å²) in [5.41, 5.74) is 2.22. The third-order valence-corrected chi connectivity index (χ3v) is 2.50. The van der Waals surface area contributed by atoms with Crippen LogP contribution in [-0.4, -0.2) is 22.6 Å². The Bertz CT molecular complexity index is 365. The molecule has 0 atom stereocenters. The van der Waals surface area contributed by atoms with Crippen molar-refractivity contribution in [1.82, 2.24) is 15.3 Å². The van der Waals surface area contributed by atoms with Gasteiger partial charge in [0.2, 0.25) is 5.28 Å². The summed E-state index contributed by atoms with van der Waals surface area (Å²) in [6.07, 6.45) is 0.960. The number of fused-ring (bicyclic) bond motifs is 1. The van der Waals surface area contributed by atoms with E-state index < -0.39 is 0 Å². The first-order valence-electron chi connectivity index (χ1n) is 5.19. The molecule has 82 valence electrons. The van der Waals surface area contributed by atoms with Crippen molar-refractivity contribution in [2.45, 2.75) is 32.9 Å². The molecule has 1 aliphatic rings. The number of hydrogen-bond acceptors (Lipinski definition) is 4. The van der Waals surface area contributed by atoms with E-state index in [0.29, 0.717) is 11.3 Å². The van der Waals surface area contributed by atoms with Gasteiger partial charge in [-0.2, -0.15) is 0 Å². The van der Waals surface area contributed by atoms with Gasteiger partial charge in [0.25, 0.3) is 0 Å². The van der Waals surface area contributed by atoms with Gasteiger partial charge in [0.1, 0.15) is 5.82 Å². The lowest BCUT2D eigenvalue weighted by atomic mass is 10.1. The van der Waals surface area contributed by atoms with Crippen molar-refractivity contribution in [2.75, 3.05) is 11.9 Å². The van der Waals surface area contributed by atoms with Crippen molar-refractivity contribution in [3.63, 3.8) is 0 Å². The van der Waals surface area contributed by atoms with E-state index in [0.717, 1.165) is 31.0 Å². The zero-order chi connectivity index (χ0) is 10.8. The first-order chi connectivity index (χ1) is 7.16. The number of nitrogens with one attached hydrogen (secondary N) is 2. The smallest absolute Gasteiger partial charge is 0.224 e. The molecule has 0 aliphatic carbocycles. The van der Waals surface area contributed by atoms with E-state index in [1.54, 1.807) is 0 Å². The molecule has 1 aromatic rings. The summed E-state index contributed by atoms with van der Waals surface area (Å²) in [6.45, 7) is 5.93. The van der Waals surface area contributed by atoms with E-state index in [1.165, 1.54) is 5.56 Å². The van der Waals surface area contributed by atoms with Crippen LogP contribution in [0.1, 0.15) is 25.1 Å². The highest BCUT2D eigenvalue weighted by Gasteiger charge is 2.17. The molecule has 0 spiro atoms. The molecular weight excluding hydrogens is 212 g/mol. The second kappa shape index (κ2) is 4.33. The molecule has 0 bridgehead atoms. The van der Waals surface area contributed by atoms with Gasteiger partial charge in [0.15, 0.2) is 0 Å². The number of hydrogen-bond donors (Lipinski definition) is 2. The Kier molecular flexibility index (Phi) is 3.07. The van der Waals surface area contributed by atoms with Gasteiger partial charge in [0.05, 0.1) is 5.69 Å². The van der Waals surface area contributed by atoms with Crippen LogP contribution in [0.2, 0.25) is 5.28 Å². The average molecular weight is 227 g/mol. The predicted octanol–water partition coefficient (Wildman–Crippen LogP) is 1.60. The van der Waals surface area contributed by atoms with Crippen LogP contribution in [0.5, 0.6) is 0 Å². The Labute approximate surface area is 94.5 Å². The molecule has 5 heteroatoms. The molecule has 4 nitrogen and oxygen atoms in total. The van der Waals surface area contributed by atoms with Crippen molar-refractivity contribution < 1.29 is 0 Å². The van der Waals surface area contributed by atoms with Gasteiger partial charge in [-0.3, -0.25) is 0 Å². The number of halogens is 1. The highest BCUT2D eigenvalue weighted by molar-refractivity contribution is 6.28. The molecule has 0 amide bonds. The Morgan fingerprint density at radius 1 is 1.40 bits per heavy atom. The summed E-state index contributed by atoms with van der Waals surface area (Å²) < 4.78 is 0. The molecule has 2 N–H and O–H groups in total. The molecule has 0 saturated heterocycles. The maximum atomic E-state index is 5.88. The van der Waals surface area contributed by atoms with E-state index in [4.69, 9.17) is 11.6 Å². The highest BCUT2D eigenvalue weighted by Crippen LogP contribution is 2.22. The second-order valence-corrected chi connectivity index (χ2v) is 4.33. The Morgan fingerprint density at radius 3 is 2.93 bits per heavy atom. The lowest BCUT2D eigenvalue weighted by Gasteiger charge is -2.20. The van der Waals surface area contributed by atoms with E-state index in [1.807, 2.05) is 0 Å². The first-order valence-corrected chi connectivity index (χ1v) is 5.57. The molecule has 0 unspecified atom stereocenters. The van der Waals surface area contributed by atoms with Crippen LogP contribution in [0, 0.1) is 0 Å². The van der Waals surface area contributed by atoms with Crippen molar-refractivity contribution >= 4 is 17.4 Å². The van der Waals surface area contributed by atoms with E-state index in [9.17, 15) is 0 Å². The quantitative estimate of drug-likeness (QED) is 0.753. The summed E-state index contributed by atoms with van der Waals surface area (Å²) in [4.78, 5) is 8.48. The van der Waals surface area contributed by atoms with Gasteiger partial charge in [-0.1, -0.05) is 0 Å². The number of aromatic nitrogens is 2. The predicted molar refractivity (Wildman–Crippen MR) is 61.2 cm³/mol. The monoisotopic (exact) mass is 226 g/mol. The maximum Gasteiger partial charge on any atom is 0.224 e. The zero-order valence-electron chi connectivity index (χ0n) is 8.97. The third-order valence-electron chi connectivity index (χ3n) is 2.34. The van der Waals surface area contributed by atoms with Gasteiger partial charge in [-0.05, 0) is 38.4 Å². The average Bonchev–Trinajstić information content (AvgIpc) is 2.16. The van der Waals surface area contributed by atoms with Crippen LogP contribution in [-0.2, 0) is 13.0 Å². The van der Waals surface area contributed by atoms with Crippen LogP contribution in [0.4, 0.5) is 5.82 Å². The van der Waals surface area contributed by atoms with Gasteiger partial charge < -0.3 is 10.6 Å². The molecule has 2 rings (SSSR count). The summed E-state index contributed by atoms with van der Waals surface area (Å²) in [7, 11) is 0. The minimum absolute atomic E-state index is 0.320. The summed E-state index contributed by atoms with van der Waals surface area (Å²) in [5.74, 6) is 0.890. The molecule has 2 heterocycles. The van der Waals surface area contributed by atoms with Crippen molar-refractivity contribution in [3.05, 3.63) is 16.5 Å². The van der Waals surface area contributed by atoms with E-state index in [-0.39, 0.29) is 0 Å². The normalized spacial score (nSPS) is 15.2. The molecule has 15 heavy (non-hydrogen) atoms. The van der Waals surface area contributed by atoms with Crippen LogP contribution < -0.4 is 10.6 Å². The van der Waals surface area contributed by atoms with Crippen molar-refractivity contribution in [3.8, 4) is 0 Å². The summed E-state index contributed by atoms with van der Waals surface area (Å²) in [6, 6.07) is 0.356. The standard InChI is InChI=1S/C10H15ClN4/c1-6(2)13-9-7-3-4-12-5-8(7)14-10(11)15-9/h6,12H,3-5H2,1-2H3,(H,13,14,15).